The van der Waals surface area contributed by atoms with Crippen LogP contribution in [0.5, 0.6) is 0 Å². The van der Waals surface area contributed by atoms with E-state index in [2.05, 4.69) is 25.9 Å². The lowest BCUT2D eigenvalue weighted by atomic mass is 10.2. The average Bonchev–Trinajstić information content (AvgIpc) is 2.66. The van der Waals surface area contributed by atoms with Crippen LogP contribution in [0.2, 0.25) is 0 Å². The minimum atomic E-state index is 0.309. The molecule has 0 aromatic carbocycles. The first-order valence-corrected chi connectivity index (χ1v) is 6.24. The Hall–Kier alpha value is -0.260. The molecule has 0 bridgehead atoms. The second-order valence-corrected chi connectivity index (χ2v) is 4.95. The Labute approximate surface area is 102 Å². The second-order valence-electron chi connectivity index (χ2n) is 3.77. The molecule has 1 aliphatic rings. The van der Waals surface area contributed by atoms with E-state index in [0.717, 1.165) is 41.9 Å². The number of aromatic amines is 1. The van der Waals surface area contributed by atoms with Crippen LogP contribution in [-0.2, 0) is 11.2 Å². The van der Waals surface area contributed by atoms with Gasteiger partial charge in [0.05, 0.1) is 10.6 Å². The molecule has 0 aliphatic carbocycles. The Bertz CT molecular complexity index is 412. The first-order chi connectivity index (χ1) is 7.16. The van der Waals surface area contributed by atoms with Gasteiger partial charge in [-0.15, -0.1) is 0 Å². The second kappa shape index (κ2) is 4.72. The quantitative estimate of drug-likeness (QED) is 0.851. The van der Waals surface area contributed by atoms with Gasteiger partial charge in [-0.3, -0.25) is 0 Å². The summed E-state index contributed by atoms with van der Waals surface area (Å²) in [6, 6.07) is 0. The summed E-state index contributed by atoms with van der Waals surface area (Å²) in [6.45, 7) is 2.86. The number of aromatic nitrogens is 2. The number of nitrogens with one attached hydrogen (secondary N) is 1. The summed E-state index contributed by atoms with van der Waals surface area (Å²) < 4.78 is 7.07. The third kappa shape index (κ3) is 2.65. The van der Waals surface area contributed by atoms with Crippen LogP contribution in [0.25, 0.3) is 0 Å². The lowest BCUT2D eigenvalue weighted by Gasteiger charge is -2.09. The molecular formula is C10H13BrN2OS. The van der Waals surface area contributed by atoms with Crippen molar-refractivity contribution in [1.82, 2.24) is 9.97 Å². The molecule has 1 N–H and O–H groups in total. The molecule has 1 aliphatic heterocycles. The Morgan fingerprint density at radius 2 is 2.47 bits per heavy atom. The average molecular weight is 289 g/mol. The predicted octanol–water partition coefficient (Wildman–Crippen LogP) is 2.93. The van der Waals surface area contributed by atoms with Crippen molar-refractivity contribution < 1.29 is 4.74 Å². The molecule has 2 rings (SSSR count). The molecule has 5 heteroatoms. The fourth-order valence-electron chi connectivity index (χ4n) is 1.75. The highest BCUT2D eigenvalue weighted by Gasteiger charge is 2.17. The van der Waals surface area contributed by atoms with Crippen LogP contribution in [0.3, 0.4) is 0 Å². The largest absolute Gasteiger partial charge is 0.378 e. The molecule has 2 heterocycles. The van der Waals surface area contributed by atoms with Gasteiger partial charge in [-0.2, -0.15) is 0 Å². The van der Waals surface area contributed by atoms with Crippen LogP contribution in [-0.4, -0.2) is 22.7 Å². The number of rotatable bonds is 2. The third-order valence-corrected chi connectivity index (χ3v) is 4.06. The van der Waals surface area contributed by atoms with Gasteiger partial charge in [-0.1, -0.05) is 12.2 Å². The van der Waals surface area contributed by atoms with Crippen LogP contribution < -0.4 is 0 Å². The Kier molecular flexibility index (Phi) is 3.53. The van der Waals surface area contributed by atoms with Crippen molar-refractivity contribution in [3.05, 3.63) is 20.6 Å². The zero-order valence-electron chi connectivity index (χ0n) is 8.55. The predicted molar refractivity (Wildman–Crippen MR) is 64.5 cm³/mol. The van der Waals surface area contributed by atoms with Gasteiger partial charge < -0.3 is 9.72 Å². The summed E-state index contributed by atoms with van der Waals surface area (Å²) >= 11 is 8.55. The molecule has 1 unspecified atom stereocenters. The van der Waals surface area contributed by atoms with Gasteiger partial charge in [-0.05, 0) is 35.7 Å². The number of H-pyrrole nitrogens is 1. The molecule has 3 nitrogen and oxygen atoms in total. The topological polar surface area (TPSA) is 37.9 Å². The summed E-state index contributed by atoms with van der Waals surface area (Å²) in [6.07, 6.45) is 3.42. The molecule has 1 fully saturated rings. The molecule has 0 radical (unpaired) electrons. The minimum Gasteiger partial charge on any atom is -0.378 e. The summed E-state index contributed by atoms with van der Waals surface area (Å²) in [5.41, 5.74) is 1.03. The van der Waals surface area contributed by atoms with Crippen molar-refractivity contribution in [3.63, 3.8) is 0 Å². The van der Waals surface area contributed by atoms with E-state index >= 15 is 0 Å². The summed E-state index contributed by atoms with van der Waals surface area (Å²) in [5, 5.41) is 0. The molecule has 0 amide bonds. The maximum Gasteiger partial charge on any atom is 0.144 e. The first kappa shape index (κ1) is 11.2. The van der Waals surface area contributed by atoms with Gasteiger partial charge in [0.2, 0.25) is 0 Å². The molecule has 82 valence electrons. The number of halogens is 1. The number of aryl methyl sites for hydroxylation is 1. The van der Waals surface area contributed by atoms with Gasteiger partial charge in [0.15, 0.2) is 0 Å². The zero-order chi connectivity index (χ0) is 10.8. The SMILES string of the molecule is Cc1[nH]c(CC2CCCO2)nc(=S)c1Br. The molecule has 1 aromatic heterocycles. The summed E-state index contributed by atoms with van der Waals surface area (Å²) in [4.78, 5) is 7.57. The lowest BCUT2D eigenvalue weighted by Crippen LogP contribution is -2.12. The van der Waals surface area contributed by atoms with Crippen molar-refractivity contribution in [3.8, 4) is 0 Å². The molecule has 1 aromatic rings. The van der Waals surface area contributed by atoms with Crippen molar-refractivity contribution >= 4 is 28.1 Å². The smallest absolute Gasteiger partial charge is 0.144 e. The van der Waals surface area contributed by atoms with Crippen LogP contribution in [0.1, 0.15) is 24.4 Å². The molecule has 0 saturated carbocycles. The van der Waals surface area contributed by atoms with E-state index in [1.54, 1.807) is 0 Å². The van der Waals surface area contributed by atoms with Crippen molar-refractivity contribution in [2.45, 2.75) is 32.3 Å². The number of hydrogen-bond donors (Lipinski definition) is 1. The highest BCUT2D eigenvalue weighted by atomic mass is 79.9. The lowest BCUT2D eigenvalue weighted by molar-refractivity contribution is 0.110. The van der Waals surface area contributed by atoms with E-state index in [1.165, 1.54) is 0 Å². The van der Waals surface area contributed by atoms with Crippen molar-refractivity contribution in [1.29, 1.82) is 0 Å². The first-order valence-electron chi connectivity index (χ1n) is 5.03. The fraction of sp³-hybridized carbons (Fsp3) is 0.600. The molecule has 1 atom stereocenters. The van der Waals surface area contributed by atoms with E-state index in [-0.39, 0.29) is 0 Å². The van der Waals surface area contributed by atoms with Gasteiger partial charge in [-0.25, -0.2) is 4.98 Å². The van der Waals surface area contributed by atoms with Gasteiger partial charge in [0.1, 0.15) is 10.5 Å². The highest BCUT2D eigenvalue weighted by Crippen LogP contribution is 2.18. The number of hydrogen-bond acceptors (Lipinski definition) is 3. The summed E-state index contributed by atoms with van der Waals surface area (Å²) in [5.74, 6) is 0.924. The molecule has 15 heavy (non-hydrogen) atoms. The highest BCUT2D eigenvalue weighted by molar-refractivity contribution is 9.10. The van der Waals surface area contributed by atoms with Gasteiger partial charge in [0, 0.05) is 18.7 Å². The summed E-state index contributed by atoms with van der Waals surface area (Å²) in [7, 11) is 0. The molecular weight excluding hydrogens is 276 g/mol. The van der Waals surface area contributed by atoms with Crippen LogP contribution in [0.15, 0.2) is 4.47 Å². The van der Waals surface area contributed by atoms with Crippen molar-refractivity contribution in [2.24, 2.45) is 0 Å². The number of ether oxygens (including phenoxy) is 1. The maximum atomic E-state index is 5.56. The van der Waals surface area contributed by atoms with Crippen LogP contribution >= 0.6 is 28.1 Å². The Balaban J connectivity index is 2.18. The van der Waals surface area contributed by atoms with E-state index in [1.807, 2.05) is 6.92 Å². The van der Waals surface area contributed by atoms with Crippen LogP contribution in [0, 0.1) is 11.6 Å². The maximum absolute atomic E-state index is 5.56. The van der Waals surface area contributed by atoms with E-state index in [9.17, 15) is 0 Å². The van der Waals surface area contributed by atoms with Crippen LogP contribution in [0.4, 0.5) is 0 Å². The van der Waals surface area contributed by atoms with Gasteiger partial charge in [0.25, 0.3) is 0 Å². The number of nitrogens with zero attached hydrogens (tertiary/aromatic N) is 1. The zero-order valence-corrected chi connectivity index (χ0v) is 10.9. The van der Waals surface area contributed by atoms with Gasteiger partial charge >= 0.3 is 0 Å². The Morgan fingerprint density at radius 3 is 3.07 bits per heavy atom. The normalized spacial score (nSPS) is 20.8. The van der Waals surface area contributed by atoms with Crippen molar-refractivity contribution in [2.75, 3.05) is 6.61 Å². The Morgan fingerprint density at radius 1 is 1.67 bits per heavy atom. The third-order valence-electron chi connectivity index (χ3n) is 2.53. The van der Waals surface area contributed by atoms with E-state index in [4.69, 9.17) is 17.0 Å². The molecule has 1 saturated heterocycles. The monoisotopic (exact) mass is 288 g/mol. The van der Waals surface area contributed by atoms with E-state index < -0.39 is 0 Å². The minimum absolute atomic E-state index is 0.309. The standard InChI is InChI=1S/C10H13BrN2OS/c1-6-9(11)10(15)13-8(12-6)5-7-3-2-4-14-7/h7H,2-5H2,1H3,(H,12,13,15). The molecule has 0 spiro atoms. The fourth-order valence-corrected chi connectivity index (χ4v) is 2.20. The van der Waals surface area contributed by atoms with E-state index in [0.29, 0.717) is 10.7 Å².